The second-order valence-electron chi connectivity index (χ2n) is 5.98. The number of anilines is 1. The Morgan fingerprint density at radius 1 is 1.19 bits per heavy atom. The van der Waals surface area contributed by atoms with Gasteiger partial charge < -0.3 is 20.1 Å². The molecule has 2 unspecified atom stereocenters. The summed E-state index contributed by atoms with van der Waals surface area (Å²) >= 11 is 5.24. The van der Waals surface area contributed by atoms with Crippen molar-refractivity contribution in [3.05, 3.63) is 48.2 Å². The Labute approximate surface area is 162 Å². The van der Waals surface area contributed by atoms with Gasteiger partial charge in [0.05, 0.1) is 20.3 Å². The molecule has 2 atom stereocenters. The van der Waals surface area contributed by atoms with Gasteiger partial charge in [-0.25, -0.2) is 9.98 Å². The average Bonchev–Trinajstić information content (AvgIpc) is 2.67. The van der Waals surface area contributed by atoms with Gasteiger partial charge in [0.25, 0.3) is 0 Å². The summed E-state index contributed by atoms with van der Waals surface area (Å²) in [5.41, 5.74) is 1.47. The van der Waals surface area contributed by atoms with Crippen LogP contribution in [0.25, 0.3) is 0 Å². The van der Waals surface area contributed by atoms with E-state index in [2.05, 4.69) is 20.6 Å². The number of nitrogens with zero attached hydrogens (tertiary/aromatic N) is 2. The highest BCUT2D eigenvalue weighted by Crippen LogP contribution is 2.34. The third-order valence-corrected chi connectivity index (χ3v) is 4.51. The number of methoxy groups -OCH3 is 2. The molecule has 1 amide bonds. The molecule has 1 aromatic carbocycles. The molecule has 2 N–H and O–H groups in total. The van der Waals surface area contributed by atoms with Crippen molar-refractivity contribution >= 4 is 34.8 Å². The lowest BCUT2D eigenvalue weighted by molar-refractivity contribution is -0.118. The van der Waals surface area contributed by atoms with E-state index in [0.29, 0.717) is 28.1 Å². The van der Waals surface area contributed by atoms with E-state index in [1.165, 1.54) is 0 Å². The van der Waals surface area contributed by atoms with Gasteiger partial charge in [-0.2, -0.15) is 0 Å². The number of hydrogen-bond acceptors (Lipinski definition) is 5. The molecule has 140 valence electrons. The van der Waals surface area contributed by atoms with E-state index < -0.39 is 12.0 Å². The van der Waals surface area contributed by atoms with Gasteiger partial charge in [0, 0.05) is 11.9 Å². The van der Waals surface area contributed by atoms with Gasteiger partial charge >= 0.3 is 0 Å². The summed E-state index contributed by atoms with van der Waals surface area (Å²) in [6.45, 7) is 1.80. The van der Waals surface area contributed by atoms with Crippen LogP contribution >= 0.6 is 12.2 Å². The van der Waals surface area contributed by atoms with Crippen LogP contribution in [0.2, 0.25) is 0 Å². The van der Waals surface area contributed by atoms with Crippen molar-refractivity contribution in [3.8, 4) is 11.5 Å². The van der Waals surface area contributed by atoms with E-state index in [-0.39, 0.29) is 5.91 Å². The molecule has 0 bridgehead atoms. The summed E-state index contributed by atoms with van der Waals surface area (Å²) in [7, 11) is 3.14. The molecule has 3 rings (SSSR count). The van der Waals surface area contributed by atoms with E-state index in [1.54, 1.807) is 45.5 Å². The summed E-state index contributed by atoms with van der Waals surface area (Å²) in [6, 6.07) is 10.4. The van der Waals surface area contributed by atoms with Crippen LogP contribution in [0.4, 0.5) is 5.82 Å². The highest BCUT2D eigenvalue weighted by atomic mass is 32.1. The first kappa shape index (κ1) is 18.8. The Hall–Kier alpha value is -3.00. The number of amides is 1. The quantitative estimate of drug-likeness (QED) is 0.771. The van der Waals surface area contributed by atoms with Crippen molar-refractivity contribution in [2.24, 2.45) is 10.9 Å². The molecule has 2 heterocycles. The summed E-state index contributed by atoms with van der Waals surface area (Å²) in [5, 5.41) is 6.31. The number of rotatable bonds is 5. The van der Waals surface area contributed by atoms with Crippen LogP contribution in [0, 0.1) is 5.92 Å². The smallest absolute Gasteiger partial charge is 0.236 e. The van der Waals surface area contributed by atoms with E-state index in [9.17, 15) is 4.79 Å². The van der Waals surface area contributed by atoms with Crippen LogP contribution in [0.1, 0.15) is 18.5 Å². The van der Waals surface area contributed by atoms with Crippen LogP contribution in [0.15, 0.2) is 47.6 Å². The van der Waals surface area contributed by atoms with Crippen LogP contribution in [-0.4, -0.2) is 35.9 Å². The van der Waals surface area contributed by atoms with E-state index >= 15 is 0 Å². The number of carbonyl (C=O) groups excluding carboxylic acids is 1. The second-order valence-corrected chi connectivity index (χ2v) is 6.36. The predicted molar refractivity (Wildman–Crippen MR) is 107 cm³/mol. The summed E-state index contributed by atoms with van der Waals surface area (Å²) < 4.78 is 10.7. The van der Waals surface area contributed by atoms with Crippen LogP contribution in [0.5, 0.6) is 11.5 Å². The normalized spacial score (nSPS) is 18.9. The molecule has 1 aliphatic rings. The number of aromatic nitrogens is 1. The van der Waals surface area contributed by atoms with Crippen LogP contribution < -0.4 is 20.1 Å². The molecule has 2 aromatic rings. The number of nitrogens with one attached hydrogen (secondary N) is 2. The zero-order chi connectivity index (χ0) is 19.4. The van der Waals surface area contributed by atoms with Crippen LogP contribution in [-0.2, 0) is 4.79 Å². The third kappa shape index (κ3) is 4.06. The lowest BCUT2D eigenvalue weighted by Crippen LogP contribution is -2.45. The van der Waals surface area contributed by atoms with Crippen molar-refractivity contribution < 1.29 is 14.3 Å². The molecular weight excluding hydrogens is 364 g/mol. The second kappa shape index (κ2) is 8.13. The molecule has 0 spiro atoms. The van der Waals surface area contributed by atoms with E-state index in [4.69, 9.17) is 21.7 Å². The monoisotopic (exact) mass is 384 g/mol. The number of carbonyl (C=O) groups is 1. The molecule has 0 saturated heterocycles. The number of pyridine rings is 1. The maximum absolute atomic E-state index is 13.0. The summed E-state index contributed by atoms with van der Waals surface area (Å²) in [5.74, 6) is 0.891. The molecule has 1 aromatic heterocycles. The van der Waals surface area contributed by atoms with Gasteiger partial charge in [0.1, 0.15) is 11.7 Å². The standard InChI is InChI=1S/C19H20N4O3S/c1-11-16(18(24)22-15-6-4-5-9-20-15)17(23-19(27)21-11)12-7-8-13(25-2)14(10-12)26-3/h4-10,16-17H,1-3H3,(H,23,27)(H,20,22,24). The van der Waals surface area contributed by atoms with Gasteiger partial charge in [-0.15, -0.1) is 0 Å². The fourth-order valence-corrected chi connectivity index (χ4v) is 3.29. The third-order valence-electron chi connectivity index (χ3n) is 4.31. The number of aliphatic imine (C=N–C) groups is 1. The molecule has 7 nitrogen and oxygen atoms in total. The molecule has 1 aliphatic heterocycles. The fourth-order valence-electron chi connectivity index (χ4n) is 3.02. The van der Waals surface area contributed by atoms with Crippen molar-refractivity contribution in [2.45, 2.75) is 13.0 Å². The minimum absolute atomic E-state index is 0.218. The molecule has 0 fully saturated rings. The first-order valence-electron chi connectivity index (χ1n) is 8.33. The van der Waals surface area contributed by atoms with Crippen molar-refractivity contribution in [2.75, 3.05) is 19.5 Å². The Balaban J connectivity index is 1.95. The highest BCUT2D eigenvalue weighted by Gasteiger charge is 2.36. The molecule has 27 heavy (non-hydrogen) atoms. The van der Waals surface area contributed by atoms with E-state index in [0.717, 1.165) is 5.56 Å². The van der Waals surface area contributed by atoms with Crippen LogP contribution in [0.3, 0.4) is 0 Å². The fraction of sp³-hybridized carbons (Fsp3) is 0.263. The van der Waals surface area contributed by atoms with Gasteiger partial charge in [0.15, 0.2) is 16.6 Å². The average molecular weight is 384 g/mol. The molecule has 0 radical (unpaired) electrons. The maximum atomic E-state index is 13.0. The van der Waals surface area contributed by atoms with Crippen molar-refractivity contribution in [1.29, 1.82) is 0 Å². The lowest BCUT2D eigenvalue weighted by Gasteiger charge is -2.31. The van der Waals surface area contributed by atoms with Gasteiger partial charge in [0.2, 0.25) is 5.91 Å². The SMILES string of the molecule is COc1ccc(C2NC(=S)N=C(C)C2C(=O)Nc2ccccn2)cc1OC. The molecule has 0 aliphatic carbocycles. The molecule has 8 heteroatoms. The zero-order valence-electron chi connectivity index (χ0n) is 15.2. The summed E-state index contributed by atoms with van der Waals surface area (Å²) in [4.78, 5) is 21.4. The number of thiocarbonyl (C=S) groups is 1. The predicted octanol–water partition coefficient (Wildman–Crippen LogP) is 2.74. The summed E-state index contributed by atoms with van der Waals surface area (Å²) in [6.07, 6.45) is 1.62. The minimum atomic E-state index is -0.559. The Morgan fingerprint density at radius 2 is 1.96 bits per heavy atom. The largest absolute Gasteiger partial charge is 0.493 e. The van der Waals surface area contributed by atoms with Gasteiger partial charge in [-0.05, 0) is 49.0 Å². The highest BCUT2D eigenvalue weighted by molar-refractivity contribution is 7.80. The van der Waals surface area contributed by atoms with Gasteiger partial charge in [-0.1, -0.05) is 12.1 Å². The Kier molecular flexibility index (Phi) is 5.66. The topological polar surface area (TPSA) is 84.8 Å². The zero-order valence-corrected chi connectivity index (χ0v) is 16.0. The van der Waals surface area contributed by atoms with Gasteiger partial charge in [-0.3, -0.25) is 4.79 Å². The Bertz CT molecular complexity index is 886. The van der Waals surface area contributed by atoms with Crippen molar-refractivity contribution in [3.63, 3.8) is 0 Å². The first-order valence-corrected chi connectivity index (χ1v) is 8.74. The van der Waals surface area contributed by atoms with E-state index in [1.807, 2.05) is 18.2 Å². The first-order chi connectivity index (χ1) is 13.0. The van der Waals surface area contributed by atoms with Crippen molar-refractivity contribution in [1.82, 2.24) is 10.3 Å². The number of benzene rings is 1. The Morgan fingerprint density at radius 3 is 2.63 bits per heavy atom. The molecule has 0 saturated carbocycles. The number of hydrogen-bond donors (Lipinski definition) is 2. The minimum Gasteiger partial charge on any atom is -0.493 e. The maximum Gasteiger partial charge on any atom is 0.236 e. The molecular formula is C19H20N4O3S. The lowest BCUT2D eigenvalue weighted by atomic mass is 9.87. The number of ether oxygens (including phenoxy) is 2.